The lowest BCUT2D eigenvalue weighted by atomic mass is 10.1. The molecule has 1 aromatic heterocycles. The van der Waals surface area contributed by atoms with Crippen LogP contribution >= 0.6 is 0 Å². The molecule has 1 unspecified atom stereocenters. The first-order valence-electron chi connectivity index (χ1n) is 10.2. The molecule has 2 aliphatic rings. The minimum atomic E-state index is -0.00515. The molecule has 158 valence electrons. The number of ether oxygens (including phenoxy) is 3. The van der Waals surface area contributed by atoms with E-state index in [1.807, 2.05) is 29.2 Å². The van der Waals surface area contributed by atoms with Gasteiger partial charge in [0.2, 0.25) is 11.7 Å². The van der Waals surface area contributed by atoms with Gasteiger partial charge >= 0.3 is 0 Å². The van der Waals surface area contributed by atoms with E-state index < -0.39 is 0 Å². The number of aromatic nitrogens is 2. The second kappa shape index (κ2) is 7.58. The van der Waals surface area contributed by atoms with Gasteiger partial charge in [-0.1, -0.05) is 24.3 Å². The van der Waals surface area contributed by atoms with Gasteiger partial charge in [-0.3, -0.25) is 14.7 Å². The Morgan fingerprint density at radius 3 is 2.48 bits per heavy atom. The summed E-state index contributed by atoms with van der Waals surface area (Å²) in [7, 11) is 4.72. The Morgan fingerprint density at radius 1 is 1.03 bits per heavy atom. The Balaban J connectivity index is 1.58. The molecular weight excluding hydrogens is 394 g/mol. The Labute approximate surface area is 180 Å². The van der Waals surface area contributed by atoms with Crippen LogP contribution in [-0.2, 0) is 17.6 Å². The number of methoxy groups -OCH3 is 3. The van der Waals surface area contributed by atoms with Crippen molar-refractivity contribution in [2.75, 3.05) is 26.2 Å². The third-order valence-electron chi connectivity index (χ3n) is 6.02. The summed E-state index contributed by atoms with van der Waals surface area (Å²) in [5, 5.41) is 0. The predicted octanol–water partition coefficient (Wildman–Crippen LogP) is 3.75. The maximum atomic E-state index is 12.9. The van der Waals surface area contributed by atoms with Gasteiger partial charge in [0.05, 0.1) is 51.4 Å². The zero-order valence-corrected chi connectivity index (χ0v) is 17.7. The van der Waals surface area contributed by atoms with E-state index >= 15 is 0 Å². The molecule has 1 amide bonds. The summed E-state index contributed by atoms with van der Waals surface area (Å²) >= 11 is 0. The van der Waals surface area contributed by atoms with Crippen molar-refractivity contribution in [1.29, 1.82) is 0 Å². The number of aryl methyl sites for hydroxylation is 1. The van der Waals surface area contributed by atoms with Gasteiger partial charge < -0.3 is 14.2 Å². The number of rotatable bonds is 5. The van der Waals surface area contributed by atoms with Crippen molar-refractivity contribution in [3.8, 4) is 28.5 Å². The first-order chi connectivity index (χ1) is 15.1. The van der Waals surface area contributed by atoms with E-state index in [4.69, 9.17) is 19.2 Å². The van der Waals surface area contributed by atoms with E-state index in [0.717, 1.165) is 18.4 Å². The van der Waals surface area contributed by atoms with Crippen LogP contribution in [0.5, 0.6) is 17.2 Å². The number of benzene rings is 2. The van der Waals surface area contributed by atoms with Crippen LogP contribution in [0.1, 0.15) is 29.3 Å². The van der Waals surface area contributed by atoms with Crippen LogP contribution in [-0.4, -0.2) is 37.2 Å². The summed E-state index contributed by atoms with van der Waals surface area (Å²) in [6.45, 7) is 0. The smallest absolute Gasteiger partial charge is 0.234 e. The zero-order chi connectivity index (χ0) is 21.5. The minimum absolute atomic E-state index is 0.00515. The third kappa shape index (κ3) is 3.08. The number of nitrogens with zero attached hydrogens (tertiary/aromatic N) is 3. The summed E-state index contributed by atoms with van der Waals surface area (Å²) in [5.41, 5.74) is 4.62. The number of anilines is 1. The van der Waals surface area contributed by atoms with Gasteiger partial charge in [0.1, 0.15) is 0 Å². The number of amides is 1. The molecule has 0 spiro atoms. The molecule has 0 N–H and O–H groups in total. The van der Waals surface area contributed by atoms with Crippen LogP contribution in [0.15, 0.2) is 42.6 Å². The molecule has 0 bridgehead atoms. The maximum Gasteiger partial charge on any atom is 0.234 e. The van der Waals surface area contributed by atoms with Crippen LogP contribution in [0.2, 0.25) is 0 Å². The molecule has 0 fully saturated rings. The summed E-state index contributed by atoms with van der Waals surface area (Å²) < 4.78 is 16.4. The van der Waals surface area contributed by atoms with Crippen molar-refractivity contribution < 1.29 is 19.0 Å². The Hall–Kier alpha value is -3.61. The fourth-order valence-corrected chi connectivity index (χ4v) is 4.56. The molecule has 0 radical (unpaired) electrons. The van der Waals surface area contributed by atoms with Crippen molar-refractivity contribution >= 4 is 11.7 Å². The molecular formula is C24H23N3O4. The second-order valence-electron chi connectivity index (χ2n) is 7.63. The molecule has 1 aliphatic carbocycles. The van der Waals surface area contributed by atoms with Crippen LogP contribution in [0.25, 0.3) is 11.3 Å². The van der Waals surface area contributed by atoms with Crippen molar-refractivity contribution in [1.82, 2.24) is 9.97 Å². The van der Waals surface area contributed by atoms with Gasteiger partial charge in [-0.15, -0.1) is 0 Å². The van der Waals surface area contributed by atoms with E-state index in [-0.39, 0.29) is 18.4 Å². The number of carbonyl (C=O) groups is 1. The van der Waals surface area contributed by atoms with Crippen LogP contribution < -0.4 is 19.1 Å². The number of hydrogen-bond donors (Lipinski definition) is 0. The van der Waals surface area contributed by atoms with E-state index in [0.29, 0.717) is 34.5 Å². The molecule has 31 heavy (non-hydrogen) atoms. The first kappa shape index (κ1) is 19.4. The standard InChI is InChI=1S/C24H23N3O4/c1-29-20-10-15(11-21(30-2)23(20)31-3)18-13-25-17-12-22(28)27(24(17)26-18)19-9-8-14-6-4-5-7-16(14)19/h4-7,10-11,13,19H,8-9,12H2,1-3H3. The highest BCUT2D eigenvalue weighted by Crippen LogP contribution is 2.44. The third-order valence-corrected chi connectivity index (χ3v) is 6.02. The molecule has 2 heterocycles. The molecule has 7 heteroatoms. The summed E-state index contributed by atoms with van der Waals surface area (Å²) in [6.07, 6.45) is 3.82. The summed E-state index contributed by atoms with van der Waals surface area (Å²) in [4.78, 5) is 24.2. The van der Waals surface area contributed by atoms with E-state index in [1.54, 1.807) is 27.5 Å². The Bertz CT molecular complexity index is 1150. The maximum absolute atomic E-state index is 12.9. The second-order valence-corrected chi connectivity index (χ2v) is 7.63. The highest BCUT2D eigenvalue weighted by Gasteiger charge is 2.39. The average Bonchev–Trinajstić information content (AvgIpc) is 3.37. The largest absolute Gasteiger partial charge is 0.493 e. The zero-order valence-electron chi connectivity index (χ0n) is 17.7. The van der Waals surface area contributed by atoms with Crippen LogP contribution in [0, 0.1) is 0 Å². The van der Waals surface area contributed by atoms with E-state index in [2.05, 4.69) is 17.1 Å². The molecule has 2 aromatic carbocycles. The minimum Gasteiger partial charge on any atom is -0.493 e. The molecule has 7 nitrogen and oxygen atoms in total. The van der Waals surface area contributed by atoms with E-state index in [9.17, 15) is 4.79 Å². The Morgan fingerprint density at radius 2 is 1.77 bits per heavy atom. The van der Waals surface area contributed by atoms with Crippen molar-refractivity contribution in [3.63, 3.8) is 0 Å². The van der Waals surface area contributed by atoms with Gasteiger partial charge in [-0.25, -0.2) is 4.98 Å². The van der Waals surface area contributed by atoms with Gasteiger partial charge in [-0.2, -0.15) is 0 Å². The van der Waals surface area contributed by atoms with Gasteiger partial charge in [0.15, 0.2) is 17.3 Å². The fourth-order valence-electron chi connectivity index (χ4n) is 4.56. The number of fused-ring (bicyclic) bond motifs is 2. The SMILES string of the molecule is COc1cc(-c2cnc3c(n2)N(C2CCc4ccccc42)C(=O)C3)cc(OC)c1OC. The van der Waals surface area contributed by atoms with Crippen molar-refractivity contribution in [2.24, 2.45) is 0 Å². The van der Waals surface area contributed by atoms with Crippen LogP contribution in [0.4, 0.5) is 5.82 Å². The quantitative estimate of drug-likeness (QED) is 0.630. The highest BCUT2D eigenvalue weighted by atomic mass is 16.5. The lowest BCUT2D eigenvalue weighted by molar-refractivity contribution is -0.117. The number of carbonyl (C=O) groups excluding carboxylic acids is 1. The van der Waals surface area contributed by atoms with Gasteiger partial charge in [0.25, 0.3) is 0 Å². The van der Waals surface area contributed by atoms with Gasteiger partial charge in [-0.05, 0) is 36.1 Å². The van der Waals surface area contributed by atoms with Gasteiger partial charge in [0, 0.05) is 5.56 Å². The Kier molecular flexibility index (Phi) is 4.73. The van der Waals surface area contributed by atoms with Crippen molar-refractivity contribution in [2.45, 2.75) is 25.3 Å². The normalized spacial score (nSPS) is 16.8. The topological polar surface area (TPSA) is 73.8 Å². The van der Waals surface area contributed by atoms with Crippen LogP contribution in [0.3, 0.4) is 0 Å². The molecule has 0 saturated carbocycles. The lowest BCUT2D eigenvalue weighted by Gasteiger charge is -2.25. The molecule has 1 atom stereocenters. The summed E-state index contributed by atoms with van der Waals surface area (Å²) in [5.74, 6) is 2.27. The summed E-state index contributed by atoms with van der Waals surface area (Å²) in [6, 6.07) is 12.0. The predicted molar refractivity (Wildman–Crippen MR) is 116 cm³/mol. The molecule has 5 rings (SSSR count). The number of hydrogen-bond acceptors (Lipinski definition) is 6. The first-order valence-corrected chi connectivity index (χ1v) is 10.2. The molecule has 1 aliphatic heterocycles. The van der Waals surface area contributed by atoms with E-state index in [1.165, 1.54) is 11.1 Å². The highest BCUT2D eigenvalue weighted by molar-refractivity contribution is 6.00. The lowest BCUT2D eigenvalue weighted by Crippen LogP contribution is -2.31. The average molecular weight is 417 g/mol. The molecule has 0 saturated heterocycles. The fraction of sp³-hybridized carbons (Fsp3) is 0.292. The monoisotopic (exact) mass is 417 g/mol. The molecule has 3 aromatic rings. The van der Waals surface area contributed by atoms with Crippen molar-refractivity contribution in [3.05, 3.63) is 59.4 Å².